The first-order valence-electron chi connectivity index (χ1n) is 6.02. The van der Waals surface area contributed by atoms with Gasteiger partial charge in [0.2, 0.25) is 5.91 Å². The molecule has 1 amide bonds. The van der Waals surface area contributed by atoms with Crippen LogP contribution in [0.15, 0.2) is 48.5 Å². The molecule has 2 aromatic rings. The molecule has 0 radical (unpaired) electrons. The molecule has 0 atom stereocenters. The molecule has 2 aromatic carbocycles. The third-order valence-electron chi connectivity index (χ3n) is 2.74. The van der Waals surface area contributed by atoms with Crippen LogP contribution in [0.1, 0.15) is 11.1 Å². The molecule has 4 N–H and O–H groups in total. The third-order valence-corrected chi connectivity index (χ3v) is 2.74. The van der Waals surface area contributed by atoms with Gasteiger partial charge in [-0.25, -0.2) is 0 Å². The van der Waals surface area contributed by atoms with Crippen LogP contribution in [-0.4, -0.2) is 11.0 Å². The summed E-state index contributed by atoms with van der Waals surface area (Å²) >= 11 is 0. The predicted molar refractivity (Wildman–Crippen MR) is 74.8 cm³/mol. The summed E-state index contributed by atoms with van der Waals surface area (Å²) in [6.45, 7) is 0.629. The maximum Gasteiger partial charge on any atom is 0.221 e. The molecule has 0 saturated heterocycles. The van der Waals surface area contributed by atoms with Gasteiger partial charge in [-0.3, -0.25) is 4.79 Å². The van der Waals surface area contributed by atoms with E-state index in [0.29, 0.717) is 6.54 Å². The molecule has 0 spiro atoms. The topological polar surface area (TPSA) is 75.4 Å². The number of benzene rings is 2. The first-order valence-corrected chi connectivity index (χ1v) is 6.02. The van der Waals surface area contributed by atoms with Crippen molar-refractivity contribution in [2.24, 2.45) is 5.73 Å². The molecular weight excluding hydrogens is 240 g/mol. The van der Waals surface area contributed by atoms with Crippen LogP contribution in [0.25, 0.3) is 0 Å². The highest BCUT2D eigenvalue weighted by Crippen LogP contribution is 2.14. The average Bonchev–Trinajstić information content (AvgIpc) is 2.37. The molecule has 0 aliphatic carbocycles. The van der Waals surface area contributed by atoms with E-state index in [9.17, 15) is 9.90 Å². The molecule has 0 aliphatic rings. The molecule has 0 heterocycles. The number of aromatic hydroxyl groups is 1. The highest BCUT2D eigenvalue weighted by molar-refractivity contribution is 5.76. The molecule has 98 valence electrons. The molecule has 0 saturated carbocycles. The second kappa shape index (κ2) is 5.91. The smallest absolute Gasteiger partial charge is 0.221 e. The minimum absolute atomic E-state index is 0.257. The highest BCUT2D eigenvalue weighted by Gasteiger charge is 1.99. The van der Waals surface area contributed by atoms with E-state index in [2.05, 4.69) is 5.32 Å². The van der Waals surface area contributed by atoms with E-state index in [1.165, 1.54) is 0 Å². The quantitative estimate of drug-likeness (QED) is 0.766. The fourth-order valence-electron chi connectivity index (χ4n) is 1.81. The van der Waals surface area contributed by atoms with E-state index in [4.69, 9.17) is 5.73 Å². The number of nitrogens with two attached hydrogens (primary N) is 1. The molecule has 0 aliphatic heterocycles. The minimum atomic E-state index is -0.333. The van der Waals surface area contributed by atoms with Crippen LogP contribution in [-0.2, 0) is 17.8 Å². The number of phenols is 1. The van der Waals surface area contributed by atoms with Crippen molar-refractivity contribution >= 4 is 11.6 Å². The van der Waals surface area contributed by atoms with Gasteiger partial charge in [-0.05, 0) is 35.4 Å². The van der Waals surface area contributed by atoms with Crippen molar-refractivity contribution in [2.75, 3.05) is 5.32 Å². The Morgan fingerprint density at radius 2 is 1.84 bits per heavy atom. The van der Waals surface area contributed by atoms with Crippen molar-refractivity contribution in [3.63, 3.8) is 0 Å². The number of rotatable bonds is 5. The van der Waals surface area contributed by atoms with Crippen LogP contribution in [0.4, 0.5) is 5.69 Å². The number of primary amides is 1. The summed E-state index contributed by atoms with van der Waals surface area (Å²) in [6.07, 6.45) is 0.257. The predicted octanol–water partition coefficient (Wildman–Crippen LogP) is 2.03. The minimum Gasteiger partial charge on any atom is -0.508 e. The Balaban J connectivity index is 1.94. The van der Waals surface area contributed by atoms with Crippen LogP contribution in [0, 0.1) is 0 Å². The Hall–Kier alpha value is -2.49. The van der Waals surface area contributed by atoms with Gasteiger partial charge in [-0.2, -0.15) is 0 Å². The lowest BCUT2D eigenvalue weighted by molar-refractivity contribution is -0.117. The number of carbonyl (C=O) groups is 1. The normalized spacial score (nSPS) is 10.1. The van der Waals surface area contributed by atoms with Gasteiger partial charge in [-0.15, -0.1) is 0 Å². The van der Waals surface area contributed by atoms with Crippen molar-refractivity contribution in [1.82, 2.24) is 0 Å². The second-order valence-corrected chi connectivity index (χ2v) is 4.36. The van der Waals surface area contributed by atoms with Gasteiger partial charge >= 0.3 is 0 Å². The number of carbonyl (C=O) groups excluding carboxylic acids is 1. The summed E-state index contributed by atoms with van der Waals surface area (Å²) in [7, 11) is 0. The Kier molecular flexibility index (Phi) is 4.03. The molecule has 4 heteroatoms. The van der Waals surface area contributed by atoms with Crippen LogP contribution >= 0.6 is 0 Å². The molecular formula is C15H16N2O2. The highest BCUT2D eigenvalue weighted by atomic mass is 16.3. The molecule has 0 aromatic heterocycles. The molecule has 0 bridgehead atoms. The zero-order valence-electron chi connectivity index (χ0n) is 10.5. The molecule has 4 nitrogen and oxygen atoms in total. The van der Waals surface area contributed by atoms with Crippen molar-refractivity contribution in [3.8, 4) is 5.75 Å². The first kappa shape index (κ1) is 13.0. The Morgan fingerprint density at radius 3 is 2.47 bits per heavy atom. The lowest BCUT2D eigenvalue weighted by Crippen LogP contribution is -2.13. The molecule has 0 fully saturated rings. The number of amides is 1. The van der Waals surface area contributed by atoms with Gasteiger partial charge in [0, 0.05) is 12.2 Å². The maximum absolute atomic E-state index is 10.8. The Labute approximate surface area is 111 Å². The van der Waals surface area contributed by atoms with Gasteiger partial charge < -0.3 is 16.2 Å². The van der Waals surface area contributed by atoms with Crippen molar-refractivity contribution in [3.05, 3.63) is 59.7 Å². The van der Waals surface area contributed by atoms with Gasteiger partial charge in [0.25, 0.3) is 0 Å². The third kappa shape index (κ3) is 4.03. The molecule has 0 unspecified atom stereocenters. The standard InChI is InChI=1S/C15H16N2O2/c16-15(19)9-11-4-6-13(7-5-11)17-10-12-2-1-3-14(18)8-12/h1-8,17-18H,9-10H2,(H2,16,19). The van der Waals surface area contributed by atoms with Gasteiger partial charge in [0.05, 0.1) is 6.42 Å². The van der Waals surface area contributed by atoms with Crippen molar-refractivity contribution in [1.29, 1.82) is 0 Å². The average molecular weight is 256 g/mol. The van der Waals surface area contributed by atoms with Crippen molar-refractivity contribution in [2.45, 2.75) is 13.0 Å². The van der Waals surface area contributed by atoms with E-state index in [0.717, 1.165) is 16.8 Å². The summed E-state index contributed by atoms with van der Waals surface area (Å²) in [5.74, 6) is -0.0726. The van der Waals surface area contributed by atoms with Gasteiger partial charge in [0.1, 0.15) is 5.75 Å². The lowest BCUT2D eigenvalue weighted by Gasteiger charge is -2.07. The van der Waals surface area contributed by atoms with E-state index in [1.807, 2.05) is 36.4 Å². The van der Waals surface area contributed by atoms with Crippen LogP contribution < -0.4 is 11.1 Å². The SMILES string of the molecule is NC(=O)Cc1ccc(NCc2cccc(O)c2)cc1. The number of phenolic OH excluding ortho intramolecular Hbond substituents is 1. The van der Waals surface area contributed by atoms with Crippen LogP contribution in [0.3, 0.4) is 0 Å². The van der Waals surface area contributed by atoms with E-state index >= 15 is 0 Å². The van der Waals surface area contributed by atoms with Crippen molar-refractivity contribution < 1.29 is 9.90 Å². The molecule has 2 rings (SSSR count). The second-order valence-electron chi connectivity index (χ2n) is 4.36. The number of anilines is 1. The van der Waals surface area contributed by atoms with Gasteiger partial charge in [0.15, 0.2) is 0 Å². The van der Waals surface area contributed by atoms with E-state index < -0.39 is 0 Å². The van der Waals surface area contributed by atoms with E-state index in [1.54, 1.807) is 12.1 Å². The fourth-order valence-corrected chi connectivity index (χ4v) is 1.81. The number of hydrogen-bond donors (Lipinski definition) is 3. The summed E-state index contributed by atoms with van der Waals surface area (Å²) < 4.78 is 0. The summed E-state index contributed by atoms with van der Waals surface area (Å²) in [4.78, 5) is 10.8. The monoisotopic (exact) mass is 256 g/mol. The van der Waals surface area contributed by atoms with Crippen LogP contribution in [0.2, 0.25) is 0 Å². The first-order chi connectivity index (χ1) is 9.13. The number of nitrogens with one attached hydrogen (secondary N) is 1. The summed E-state index contributed by atoms with van der Waals surface area (Å²) in [5.41, 5.74) is 7.99. The van der Waals surface area contributed by atoms with Gasteiger partial charge in [-0.1, -0.05) is 24.3 Å². The van der Waals surface area contributed by atoms with Crippen LogP contribution in [0.5, 0.6) is 5.75 Å². The summed E-state index contributed by atoms with van der Waals surface area (Å²) in [5, 5.41) is 12.6. The largest absolute Gasteiger partial charge is 0.508 e. The Bertz CT molecular complexity index is 565. The number of hydrogen-bond acceptors (Lipinski definition) is 3. The maximum atomic E-state index is 10.8. The fraction of sp³-hybridized carbons (Fsp3) is 0.133. The Morgan fingerprint density at radius 1 is 1.11 bits per heavy atom. The zero-order valence-corrected chi connectivity index (χ0v) is 10.5. The molecule has 19 heavy (non-hydrogen) atoms. The zero-order chi connectivity index (χ0) is 13.7. The summed E-state index contributed by atoms with van der Waals surface area (Å²) in [6, 6.07) is 14.7. The van der Waals surface area contributed by atoms with E-state index in [-0.39, 0.29) is 18.1 Å². The lowest BCUT2D eigenvalue weighted by atomic mass is 10.1.